The normalized spacial score (nSPS) is 15.9. The number of allylic oxidation sites excluding steroid dienone is 5. The van der Waals surface area contributed by atoms with E-state index in [2.05, 4.69) is 6.58 Å². The Kier molecular flexibility index (Phi) is 9.13. The van der Waals surface area contributed by atoms with Crippen molar-refractivity contribution in [3.8, 4) is 0 Å². The zero-order valence-corrected chi connectivity index (χ0v) is 9.47. The first-order chi connectivity index (χ1) is 7.22. The summed E-state index contributed by atoms with van der Waals surface area (Å²) in [5, 5.41) is 19.2. The van der Waals surface area contributed by atoms with Gasteiger partial charge in [-0.2, -0.15) is 0 Å². The molecule has 0 aliphatic rings. The Morgan fingerprint density at radius 2 is 1.60 bits per heavy atom. The largest absolute Gasteiger partial charge is 0.390 e. The van der Waals surface area contributed by atoms with Crippen molar-refractivity contribution in [2.75, 3.05) is 0 Å². The Balaban J connectivity index is 3.63. The van der Waals surface area contributed by atoms with E-state index in [0.29, 0.717) is 12.8 Å². The van der Waals surface area contributed by atoms with Gasteiger partial charge in [0.25, 0.3) is 0 Å². The molecule has 0 fully saturated rings. The molecule has 86 valence electrons. The highest BCUT2D eigenvalue weighted by Gasteiger charge is 2.13. The maximum Gasteiger partial charge on any atom is 0.0802 e. The predicted molar refractivity (Wildman–Crippen MR) is 64.6 cm³/mol. The number of hydrogen-bond donors (Lipinski definition) is 2. The van der Waals surface area contributed by atoms with Crippen LogP contribution < -0.4 is 0 Å². The summed E-state index contributed by atoms with van der Waals surface area (Å²) < 4.78 is 0. The van der Waals surface area contributed by atoms with Gasteiger partial charge in [-0.05, 0) is 32.6 Å². The fourth-order valence-electron chi connectivity index (χ4n) is 1.28. The molecule has 0 aromatic heterocycles. The molecule has 2 N–H and O–H groups in total. The molecule has 0 heterocycles. The number of aliphatic hydroxyl groups is 2. The van der Waals surface area contributed by atoms with E-state index in [9.17, 15) is 10.2 Å². The van der Waals surface area contributed by atoms with E-state index in [0.717, 1.165) is 12.8 Å². The third-order valence-electron chi connectivity index (χ3n) is 2.21. The van der Waals surface area contributed by atoms with Gasteiger partial charge >= 0.3 is 0 Å². The van der Waals surface area contributed by atoms with E-state index in [-0.39, 0.29) is 0 Å². The van der Waals surface area contributed by atoms with E-state index >= 15 is 0 Å². The predicted octanol–water partition coefficient (Wildman–Crippen LogP) is 2.59. The maximum atomic E-state index is 9.58. The Labute approximate surface area is 92.6 Å². The third kappa shape index (κ3) is 8.16. The summed E-state index contributed by atoms with van der Waals surface area (Å²) in [4.78, 5) is 0. The molecule has 0 bridgehead atoms. The second kappa shape index (κ2) is 9.69. The van der Waals surface area contributed by atoms with Crippen molar-refractivity contribution in [3.05, 3.63) is 37.0 Å². The van der Waals surface area contributed by atoms with Gasteiger partial charge in [-0.1, -0.05) is 37.0 Å². The number of hydrogen-bond acceptors (Lipinski definition) is 2. The minimum absolute atomic E-state index is 0.599. The van der Waals surface area contributed by atoms with Crippen LogP contribution in [0.3, 0.4) is 0 Å². The first kappa shape index (κ1) is 14.1. The molecule has 0 amide bonds. The van der Waals surface area contributed by atoms with Gasteiger partial charge in [0, 0.05) is 0 Å². The van der Waals surface area contributed by atoms with E-state index in [1.165, 1.54) is 0 Å². The van der Waals surface area contributed by atoms with Crippen LogP contribution >= 0.6 is 0 Å². The second-order valence-electron chi connectivity index (χ2n) is 3.52. The Bertz CT molecular complexity index is 207. The molecule has 0 aliphatic heterocycles. The zero-order chi connectivity index (χ0) is 11.5. The van der Waals surface area contributed by atoms with Crippen LogP contribution in [0.5, 0.6) is 0 Å². The summed E-state index contributed by atoms with van der Waals surface area (Å²) in [7, 11) is 0. The van der Waals surface area contributed by atoms with Crippen molar-refractivity contribution in [1.82, 2.24) is 0 Å². The van der Waals surface area contributed by atoms with Crippen LogP contribution in [-0.4, -0.2) is 22.4 Å². The maximum absolute atomic E-state index is 9.58. The molecular formula is C13H22O2. The van der Waals surface area contributed by atoms with Crippen molar-refractivity contribution in [2.45, 2.75) is 44.8 Å². The van der Waals surface area contributed by atoms with Gasteiger partial charge in [-0.15, -0.1) is 0 Å². The molecule has 0 aliphatic carbocycles. The quantitative estimate of drug-likeness (QED) is 0.477. The number of rotatable bonds is 8. The van der Waals surface area contributed by atoms with Gasteiger partial charge in [0.15, 0.2) is 0 Å². The van der Waals surface area contributed by atoms with Gasteiger partial charge < -0.3 is 10.2 Å². The van der Waals surface area contributed by atoms with Gasteiger partial charge in [-0.3, -0.25) is 0 Å². The van der Waals surface area contributed by atoms with Crippen molar-refractivity contribution in [2.24, 2.45) is 0 Å². The van der Waals surface area contributed by atoms with Gasteiger partial charge in [0.2, 0.25) is 0 Å². The van der Waals surface area contributed by atoms with Gasteiger partial charge in [-0.25, -0.2) is 0 Å². The van der Waals surface area contributed by atoms with Gasteiger partial charge in [0.1, 0.15) is 0 Å². The third-order valence-corrected chi connectivity index (χ3v) is 2.21. The molecule has 0 rings (SSSR count). The molecule has 0 spiro atoms. The van der Waals surface area contributed by atoms with Crippen LogP contribution in [-0.2, 0) is 0 Å². The summed E-state index contributed by atoms with van der Waals surface area (Å²) in [5.41, 5.74) is 0. The SMILES string of the molecule is C=CC=CCCC(O)C(O)CCC=CC. The lowest BCUT2D eigenvalue weighted by Crippen LogP contribution is -2.25. The lowest BCUT2D eigenvalue weighted by atomic mass is 10.0. The van der Waals surface area contributed by atoms with Crippen molar-refractivity contribution in [1.29, 1.82) is 0 Å². The minimum Gasteiger partial charge on any atom is -0.390 e. The van der Waals surface area contributed by atoms with Crippen molar-refractivity contribution in [3.63, 3.8) is 0 Å². The Hall–Kier alpha value is -0.860. The average Bonchev–Trinajstić information content (AvgIpc) is 2.24. The average molecular weight is 210 g/mol. The molecule has 0 aromatic rings. The molecule has 2 nitrogen and oxygen atoms in total. The summed E-state index contributed by atoms with van der Waals surface area (Å²) in [5.74, 6) is 0. The van der Waals surface area contributed by atoms with Gasteiger partial charge in [0.05, 0.1) is 12.2 Å². The molecule has 2 unspecified atom stereocenters. The Morgan fingerprint density at radius 1 is 1.07 bits per heavy atom. The highest BCUT2D eigenvalue weighted by Crippen LogP contribution is 2.09. The standard InChI is InChI=1S/C13H22O2/c1-3-5-7-9-11-13(15)12(14)10-8-6-4-2/h3-7,12-15H,1,8-11H2,2H3. The van der Waals surface area contributed by atoms with Crippen molar-refractivity contribution < 1.29 is 10.2 Å². The molecule has 15 heavy (non-hydrogen) atoms. The lowest BCUT2D eigenvalue weighted by molar-refractivity contribution is 0.0111. The van der Waals surface area contributed by atoms with Crippen LogP contribution in [0, 0.1) is 0 Å². The first-order valence-corrected chi connectivity index (χ1v) is 5.47. The van der Waals surface area contributed by atoms with Crippen LogP contribution in [0.25, 0.3) is 0 Å². The summed E-state index contributed by atoms with van der Waals surface area (Å²) in [6, 6.07) is 0. The van der Waals surface area contributed by atoms with Crippen LogP contribution in [0.2, 0.25) is 0 Å². The number of aliphatic hydroxyl groups excluding tert-OH is 2. The minimum atomic E-state index is -0.621. The summed E-state index contributed by atoms with van der Waals surface area (Å²) >= 11 is 0. The summed E-state index contributed by atoms with van der Waals surface area (Å²) in [6.45, 7) is 5.50. The van der Waals surface area contributed by atoms with E-state index in [4.69, 9.17) is 0 Å². The molecular weight excluding hydrogens is 188 g/mol. The Morgan fingerprint density at radius 3 is 2.07 bits per heavy atom. The molecule has 2 atom stereocenters. The zero-order valence-electron chi connectivity index (χ0n) is 9.47. The highest BCUT2D eigenvalue weighted by atomic mass is 16.3. The van der Waals surface area contributed by atoms with Crippen LogP contribution in [0.15, 0.2) is 37.0 Å². The topological polar surface area (TPSA) is 40.5 Å². The second-order valence-corrected chi connectivity index (χ2v) is 3.52. The molecule has 0 aromatic carbocycles. The first-order valence-electron chi connectivity index (χ1n) is 5.47. The highest BCUT2D eigenvalue weighted by molar-refractivity contribution is 4.97. The smallest absolute Gasteiger partial charge is 0.0802 e. The molecule has 0 radical (unpaired) electrons. The molecule has 0 saturated carbocycles. The fraction of sp³-hybridized carbons (Fsp3) is 0.538. The lowest BCUT2D eigenvalue weighted by Gasteiger charge is -2.16. The fourth-order valence-corrected chi connectivity index (χ4v) is 1.28. The van der Waals surface area contributed by atoms with E-state index in [1.54, 1.807) is 6.08 Å². The van der Waals surface area contributed by atoms with E-state index in [1.807, 2.05) is 31.2 Å². The monoisotopic (exact) mass is 210 g/mol. The van der Waals surface area contributed by atoms with Crippen LogP contribution in [0.1, 0.15) is 32.6 Å². The molecule has 2 heteroatoms. The molecule has 0 saturated heterocycles. The van der Waals surface area contributed by atoms with Crippen LogP contribution in [0.4, 0.5) is 0 Å². The summed E-state index contributed by atoms with van der Waals surface area (Å²) in [6.07, 6.45) is 11.0. The van der Waals surface area contributed by atoms with E-state index < -0.39 is 12.2 Å². The van der Waals surface area contributed by atoms with Crippen molar-refractivity contribution >= 4 is 0 Å².